The fourth-order valence-corrected chi connectivity index (χ4v) is 1.18. The molecule has 1 aromatic heterocycles. The lowest BCUT2D eigenvalue weighted by Gasteiger charge is -2.11. The van der Waals surface area contributed by atoms with Crippen LogP contribution < -0.4 is 0 Å². The molecular weight excluding hydrogens is 237 g/mol. The Bertz CT molecular complexity index is 477. The van der Waals surface area contributed by atoms with Crippen LogP contribution in [0.5, 0.6) is 0 Å². The summed E-state index contributed by atoms with van der Waals surface area (Å²) in [6.45, 7) is 0. The van der Waals surface area contributed by atoms with E-state index in [0.29, 0.717) is 6.07 Å². The van der Waals surface area contributed by atoms with Crippen LogP contribution in [0.15, 0.2) is 12.3 Å². The number of rotatable bonds is 2. The number of methoxy groups -OCH3 is 1. The van der Waals surface area contributed by atoms with Crippen molar-refractivity contribution in [3.8, 4) is 6.07 Å². The first-order valence-corrected chi connectivity index (χ1v) is 4.41. The zero-order valence-corrected chi connectivity index (χ0v) is 8.71. The van der Waals surface area contributed by atoms with E-state index in [1.165, 1.54) is 6.07 Å². The number of nitrogens with zero attached hydrogens (tertiary/aromatic N) is 2. The van der Waals surface area contributed by atoms with Gasteiger partial charge in [-0.3, -0.25) is 4.79 Å². The SMILES string of the molecule is COC(=O)Cc1cnc(C#N)cc1C(F)(F)F. The Labute approximate surface area is 94.6 Å². The Morgan fingerprint density at radius 1 is 1.59 bits per heavy atom. The maximum atomic E-state index is 12.6. The molecule has 0 spiro atoms. The second-order valence-electron chi connectivity index (χ2n) is 3.09. The predicted octanol–water partition coefficient (Wildman–Crippen LogP) is 1.69. The number of alkyl halides is 3. The Morgan fingerprint density at radius 2 is 2.24 bits per heavy atom. The van der Waals surface area contributed by atoms with Gasteiger partial charge in [-0.1, -0.05) is 0 Å². The van der Waals surface area contributed by atoms with Gasteiger partial charge in [0.25, 0.3) is 0 Å². The van der Waals surface area contributed by atoms with Crippen LogP contribution in [0, 0.1) is 11.3 Å². The van der Waals surface area contributed by atoms with Gasteiger partial charge in [-0.2, -0.15) is 18.4 Å². The zero-order valence-electron chi connectivity index (χ0n) is 8.71. The molecule has 0 atom stereocenters. The van der Waals surface area contributed by atoms with Crippen molar-refractivity contribution in [2.24, 2.45) is 0 Å². The van der Waals surface area contributed by atoms with Gasteiger partial charge in [0, 0.05) is 6.20 Å². The van der Waals surface area contributed by atoms with Crippen molar-refractivity contribution in [2.45, 2.75) is 12.6 Å². The second-order valence-corrected chi connectivity index (χ2v) is 3.09. The van der Waals surface area contributed by atoms with Gasteiger partial charge in [0.1, 0.15) is 11.8 Å². The third-order valence-corrected chi connectivity index (χ3v) is 1.97. The molecule has 0 N–H and O–H groups in total. The number of pyridine rings is 1. The summed E-state index contributed by atoms with van der Waals surface area (Å²) in [5.74, 6) is -0.804. The molecule has 0 aliphatic carbocycles. The van der Waals surface area contributed by atoms with E-state index in [1.807, 2.05) is 0 Å². The third-order valence-electron chi connectivity index (χ3n) is 1.97. The van der Waals surface area contributed by atoms with Crippen LogP contribution in [0.1, 0.15) is 16.8 Å². The number of carbonyl (C=O) groups excluding carboxylic acids is 1. The molecule has 1 heterocycles. The highest BCUT2D eigenvalue weighted by molar-refractivity contribution is 5.72. The molecular formula is C10H7F3N2O2. The van der Waals surface area contributed by atoms with Crippen LogP contribution in [0.4, 0.5) is 13.2 Å². The number of nitriles is 1. The van der Waals surface area contributed by atoms with Crippen LogP contribution in [0.2, 0.25) is 0 Å². The highest BCUT2D eigenvalue weighted by Crippen LogP contribution is 2.32. The zero-order chi connectivity index (χ0) is 13.1. The molecule has 0 fully saturated rings. The molecule has 0 aliphatic heterocycles. The third kappa shape index (κ3) is 3.17. The Morgan fingerprint density at radius 3 is 2.71 bits per heavy atom. The molecule has 1 rings (SSSR count). The van der Waals surface area contributed by atoms with Crippen molar-refractivity contribution in [1.29, 1.82) is 5.26 Å². The van der Waals surface area contributed by atoms with Gasteiger partial charge >= 0.3 is 12.1 Å². The summed E-state index contributed by atoms with van der Waals surface area (Å²) in [5.41, 5.74) is -1.72. The standard InChI is InChI=1S/C10H7F3N2O2/c1-17-9(16)2-6-5-15-7(4-14)3-8(6)10(11,12)13/h3,5H,2H2,1H3. The van der Waals surface area contributed by atoms with Gasteiger partial charge in [0.15, 0.2) is 0 Å². The highest BCUT2D eigenvalue weighted by Gasteiger charge is 2.34. The largest absolute Gasteiger partial charge is 0.469 e. The molecule has 4 nitrogen and oxygen atoms in total. The van der Waals surface area contributed by atoms with Crippen LogP contribution in [0.25, 0.3) is 0 Å². The molecule has 0 saturated carbocycles. The summed E-state index contributed by atoms with van der Waals surface area (Å²) in [6, 6.07) is 2.12. The quantitative estimate of drug-likeness (QED) is 0.742. The normalized spacial score (nSPS) is 10.8. The first-order valence-electron chi connectivity index (χ1n) is 4.41. The number of hydrogen-bond donors (Lipinski definition) is 0. The van der Waals surface area contributed by atoms with E-state index in [1.54, 1.807) is 0 Å². The van der Waals surface area contributed by atoms with Gasteiger partial charge in [-0.05, 0) is 11.6 Å². The van der Waals surface area contributed by atoms with Crippen molar-refractivity contribution in [3.63, 3.8) is 0 Å². The van der Waals surface area contributed by atoms with Crippen LogP contribution in [0.3, 0.4) is 0 Å². The fraction of sp³-hybridized carbons (Fsp3) is 0.300. The van der Waals surface area contributed by atoms with Crippen LogP contribution in [-0.4, -0.2) is 18.1 Å². The van der Waals surface area contributed by atoms with Crippen LogP contribution >= 0.6 is 0 Å². The predicted molar refractivity (Wildman–Crippen MR) is 49.7 cm³/mol. The van der Waals surface area contributed by atoms with E-state index in [9.17, 15) is 18.0 Å². The molecule has 0 bridgehead atoms. The lowest BCUT2D eigenvalue weighted by molar-refractivity contribution is -0.141. The minimum atomic E-state index is -4.64. The van der Waals surface area contributed by atoms with E-state index in [0.717, 1.165) is 13.3 Å². The summed E-state index contributed by atoms with van der Waals surface area (Å²) in [4.78, 5) is 14.4. The number of ether oxygens (including phenoxy) is 1. The number of aromatic nitrogens is 1. The molecule has 0 unspecified atom stereocenters. The van der Waals surface area contributed by atoms with E-state index >= 15 is 0 Å². The Hall–Kier alpha value is -2.10. The molecule has 0 saturated heterocycles. The fourth-order valence-electron chi connectivity index (χ4n) is 1.18. The van der Waals surface area contributed by atoms with Gasteiger partial charge in [0.2, 0.25) is 0 Å². The molecule has 17 heavy (non-hydrogen) atoms. The van der Waals surface area contributed by atoms with Gasteiger partial charge in [-0.15, -0.1) is 0 Å². The minimum absolute atomic E-state index is 0.316. The molecule has 0 radical (unpaired) electrons. The van der Waals surface area contributed by atoms with E-state index in [2.05, 4.69) is 9.72 Å². The summed E-state index contributed by atoms with van der Waals surface area (Å²) in [5, 5.41) is 8.48. The summed E-state index contributed by atoms with van der Waals surface area (Å²) in [7, 11) is 1.08. The van der Waals surface area contributed by atoms with Crippen molar-refractivity contribution < 1.29 is 22.7 Å². The first kappa shape index (κ1) is 13.0. The lowest BCUT2D eigenvalue weighted by Crippen LogP contribution is -2.14. The van der Waals surface area contributed by atoms with E-state index in [-0.39, 0.29) is 11.3 Å². The first-order chi connectivity index (χ1) is 7.88. The van der Waals surface area contributed by atoms with Crippen molar-refractivity contribution in [3.05, 3.63) is 29.1 Å². The molecule has 90 valence electrons. The summed E-state index contributed by atoms with van der Waals surface area (Å²) in [6.07, 6.45) is -4.32. The molecule has 7 heteroatoms. The monoisotopic (exact) mass is 244 g/mol. The molecule has 1 aromatic rings. The Kier molecular flexibility index (Phi) is 3.68. The molecule has 0 amide bonds. The molecule has 0 aliphatic rings. The number of halogens is 3. The maximum absolute atomic E-state index is 12.6. The highest BCUT2D eigenvalue weighted by atomic mass is 19.4. The second kappa shape index (κ2) is 4.82. The smallest absolute Gasteiger partial charge is 0.416 e. The minimum Gasteiger partial charge on any atom is -0.469 e. The number of hydrogen-bond acceptors (Lipinski definition) is 4. The summed E-state index contributed by atoms with van der Waals surface area (Å²) < 4.78 is 42.2. The van der Waals surface area contributed by atoms with Crippen molar-refractivity contribution in [2.75, 3.05) is 7.11 Å². The average Bonchev–Trinajstić information content (AvgIpc) is 2.28. The van der Waals surface area contributed by atoms with Gasteiger partial charge < -0.3 is 4.74 Å². The Balaban J connectivity index is 3.22. The number of esters is 1. The average molecular weight is 244 g/mol. The number of carbonyl (C=O) groups is 1. The van der Waals surface area contributed by atoms with Gasteiger partial charge in [0.05, 0.1) is 19.1 Å². The van der Waals surface area contributed by atoms with Gasteiger partial charge in [-0.25, -0.2) is 4.98 Å². The van der Waals surface area contributed by atoms with Crippen molar-refractivity contribution >= 4 is 5.97 Å². The lowest BCUT2D eigenvalue weighted by atomic mass is 10.1. The topological polar surface area (TPSA) is 63.0 Å². The molecule has 0 aromatic carbocycles. The van der Waals surface area contributed by atoms with Crippen molar-refractivity contribution in [1.82, 2.24) is 4.98 Å². The van der Waals surface area contributed by atoms with Crippen LogP contribution in [-0.2, 0) is 22.1 Å². The maximum Gasteiger partial charge on any atom is 0.416 e. The van der Waals surface area contributed by atoms with E-state index in [4.69, 9.17) is 5.26 Å². The van der Waals surface area contributed by atoms with E-state index < -0.39 is 24.1 Å². The summed E-state index contributed by atoms with van der Waals surface area (Å²) >= 11 is 0.